The van der Waals surface area contributed by atoms with E-state index in [4.69, 9.17) is 16.1 Å². The first-order chi connectivity index (χ1) is 6.72. The van der Waals surface area contributed by atoms with Crippen molar-refractivity contribution in [2.45, 2.75) is 6.42 Å². The van der Waals surface area contributed by atoms with Crippen LogP contribution in [0.1, 0.15) is 5.69 Å². The molecular weight excluding hydrogens is 333 g/mol. The summed E-state index contributed by atoms with van der Waals surface area (Å²) in [6, 6.07) is 3.67. The smallest absolute Gasteiger partial charge is 0.181 e. The zero-order chi connectivity index (χ0) is 10.1. The number of benzene rings is 1. The van der Waals surface area contributed by atoms with Crippen molar-refractivity contribution in [3.8, 4) is 0 Å². The third-order valence-corrected chi connectivity index (χ3v) is 3.10. The van der Waals surface area contributed by atoms with Gasteiger partial charge in [0.15, 0.2) is 5.58 Å². The molecule has 2 nitrogen and oxygen atoms in total. The summed E-state index contributed by atoms with van der Waals surface area (Å²) in [4.78, 5) is 0. The lowest BCUT2D eigenvalue weighted by atomic mass is 10.2. The van der Waals surface area contributed by atoms with Crippen molar-refractivity contribution >= 4 is 54.4 Å². The molecule has 0 spiro atoms. The maximum absolute atomic E-state index is 5.94. The van der Waals surface area contributed by atoms with Gasteiger partial charge in [0.1, 0.15) is 0 Å². The standard InChI is InChI=1S/C9H6Br2ClNO/c10-2-1-8-6-3-5(12)4-7(11)9(6)14-13-8/h3-4H,1-2H2. The number of alkyl halides is 1. The molecule has 1 heterocycles. The van der Waals surface area contributed by atoms with E-state index in [0.29, 0.717) is 5.02 Å². The summed E-state index contributed by atoms with van der Waals surface area (Å²) in [6.45, 7) is 0. The second-order valence-corrected chi connectivity index (χ2v) is 4.92. The molecule has 2 aromatic rings. The van der Waals surface area contributed by atoms with E-state index in [1.165, 1.54) is 0 Å². The van der Waals surface area contributed by atoms with Gasteiger partial charge in [-0.1, -0.05) is 32.7 Å². The van der Waals surface area contributed by atoms with Crippen LogP contribution in [0, 0.1) is 0 Å². The second kappa shape index (κ2) is 4.21. The molecule has 0 saturated heterocycles. The number of nitrogens with zero attached hydrogens (tertiary/aromatic N) is 1. The zero-order valence-electron chi connectivity index (χ0n) is 7.06. The Morgan fingerprint density at radius 2 is 2.21 bits per heavy atom. The van der Waals surface area contributed by atoms with E-state index in [1.807, 2.05) is 6.07 Å². The molecule has 0 aliphatic rings. The van der Waals surface area contributed by atoms with E-state index in [0.717, 1.165) is 32.9 Å². The predicted molar refractivity (Wildman–Crippen MR) is 64.2 cm³/mol. The largest absolute Gasteiger partial charge is 0.355 e. The van der Waals surface area contributed by atoms with Crippen LogP contribution in [0.5, 0.6) is 0 Å². The lowest BCUT2D eigenvalue weighted by Gasteiger charge is -1.94. The van der Waals surface area contributed by atoms with Gasteiger partial charge in [0, 0.05) is 22.2 Å². The maximum Gasteiger partial charge on any atom is 0.181 e. The minimum Gasteiger partial charge on any atom is -0.355 e. The van der Waals surface area contributed by atoms with Crippen LogP contribution < -0.4 is 0 Å². The minimum atomic E-state index is 0.684. The third kappa shape index (κ3) is 1.83. The number of rotatable bonds is 2. The Morgan fingerprint density at radius 1 is 1.43 bits per heavy atom. The summed E-state index contributed by atoms with van der Waals surface area (Å²) in [5.41, 5.74) is 1.69. The molecule has 74 valence electrons. The first-order valence-electron chi connectivity index (χ1n) is 4.01. The van der Waals surface area contributed by atoms with Crippen LogP contribution in [0.25, 0.3) is 11.0 Å². The summed E-state index contributed by atoms with van der Waals surface area (Å²) >= 11 is 12.7. The van der Waals surface area contributed by atoms with Gasteiger partial charge in [0.25, 0.3) is 0 Å². The summed E-state index contributed by atoms with van der Waals surface area (Å²) in [5, 5.41) is 6.51. The number of aromatic nitrogens is 1. The molecule has 0 radical (unpaired) electrons. The van der Waals surface area contributed by atoms with Crippen molar-refractivity contribution < 1.29 is 4.52 Å². The summed E-state index contributed by atoms with van der Waals surface area (Å²) in [5.74, 6) is 0. The van der Waals surface area contributed by atoms with Crippen LogP contribution in [0.3, 0.4) is 0 Å². The first-order valence-corrected chi connectivity index (χ1v) is 6.31. The van der Waals surface area contributed by atoms with Gasteiger partial charge in [-0.3, -0.25) is 0 Å². The third-order valence-electron chi connectivity index (χ3n) is 1.90. The molecule has 0 N–H and O–H groups in total. The van der Waals surface area contributed by atoms with Gasteiger partial charge in [-0.2, -0.15) is 0 Å². The van der Waals surface area contributed by atoms with Gasteiger partial charge in [0.2, 0.25) is 0 Å². The highest BCUT2D eigenvalue weighted by atomic mass is 79.9. The molecule has 14 heavy (non-hydrogen) atoms. The molecule has 0 atom stereocenters. The molecule has 0 fully saturated rings. The van der Waals surface area contributed by atoms with Crippen LogP contribution in [0.4, 0.5) is 0 Å². The van der Waals surface area contributed by atoms with Gasteiger partial charge in [-0.25, -0.2) is 0 Å². The molecular formula is C9H6Br2ClNO. The van der Waals surface area contributed by atoms with Crippen molar-refractivity contribution in [1.82, 2.24) is 5.16 Å². The zero-order valence-corrected chi connectivity index (χ0v) is 11.0. The molecule has 0 aliphatic carbocycles. The van der Waals surface area contributed by atoms with E-state index in [1.54, 1.807) is 6.07 Å². The number of fused-ring (bicyclic) bond motifs is 1. The normalized spacial score (nSPS) is 11.1. The molecule has 0 unspecified atom stereocenters. The topological polar surface area (TPSA) is 26.0 Å². The average molecular weight is 339 g/mol. The fraction of sp³-hybridized carbons (Fsp3) is 0.222. The van der Waals surface area contributed by atoms with Crippen molar-refractivity contribution in [3.63, 3.8) is 0 Å². The van der Waals surface area contributed by atoms with E-state index < -0.39 is 0 Å². The first kappa shape index (κ1) is 10.5. The Hall–Kier alpha value is -0.0600. The molecule has 0 aliphatic heterocycles. The van der Waals surface area contributed by atoms with Gasteiger partial charge in [-0.15, -0.1) is 0 Å². The predicted octanol–water partition coefficient (Wildman–Crippen LogP) is 4.18. The van der Waals surface area contributed by atoms with E-state index in [2.05, 4.69) is 37.0 Å². The minimum absolute atomic E-state index is 0.684. The van der Waals surface area contributed by atoms with Crippen LogP contribution in [-0.2, 0) is 6.42 Å². The highest BCUT2D eigenvalue weighted by molar-refractivity contribution is 9.10. The number of aryl methyl sites for hydroxylation is 1. The van der Waals surface area contributed by atoms with Gasteiger partial charge >= 0.3 is 0 Å². The molecule has 0 saturated carbocycles. The van der Waals surface area contributed by atoms with Crippen LogP contribution in [0.2, 0.25) is 5.02 Å². The molecule has 5 heteroatoms. The monoisotopic (exact) mass is 337 g/mol. The van der Waals surface area contributed by atoms with Gasteiger partial charge in [-0.05, 0) is 28.1 Å². The molecule has 2 rings (SSSR count). The van der Waals surface area contributed by atoms with E-state index in [-0.39, 0.29) is 0 Å². The van der Waals surface area contributed by atoms with Crippen LogP contribution >= 0.6 is 43.5 Å². The van der Waals surface area contributed by atoms with Crippen molar-refractivity contribution in [3.05, 3.63) is 27.3 Å². The number of hydrogen-bond acceptors (Lipinski definition) is 2. The molecule has 0 amide bonds. The highest BCUT2D eigenvalue weighted by Gasteiger charge is 2.11. The average Bonchev–Trinajstić information content (AvgIpc) is 2.49. The van der Waals surface area contributed by atoms with Crippen molar-refractivity contribution in [2.24, 2.45) is 0 Å². The fourth-order valence-electron chi connectivity index (χ4n) is 1.29. The van der Waals surface area contributed by atoms with Crippen molar-refractivity contribution in [1.29, 1.82) is 0 Å². The Labute approximate surface area is 103 Å². The van der Waals surface area contributed by atoms with Gasteiger partial charge < -0.3 is 4.52 Å². The van der Waals surface area contributed by atoms with Crippen LogP contribution in [-0.4, -0.2) is 10.5 Å². The van der Waals surface area contributed by atoms with Crippen LogP contribution in [0.15, 0.2) is 21.1 Å². The second-order valence-electron chi connectivity index (χ2n) is 2.83. The Morgan fingerprint density at radius 3 is 2.93 bits per heavy atom. The summed E-state index contributed by atoms with van der Waals surface area (Å²) in [7, 11) is 0. The lowest BCUT2D eigenvalue weighted by molar-refractivity contribution is 0.446. The molecule has 1 aromatic heterocycles. The molecule has 1 aromatic carbocycles. The Balaban J connectivity index is 2.66. The Bertz CT molecular complexity index is 469. The quantitative estimate of drug-likeness (QED) is 0.767. The Kier molecular flexibility index (Phi) is 3.14. The SMILES string of the molecule is Clc1cc(Br)c2onc(CCBr)c2c1. The van der Waals surface area contributed by atoms with E-state index >= 15 is 0 Å². The summed E-state index contributed by atoms with van der Waals surface area (Å²) < 4.78 is 6.05. The maximum atomic E-state index is 5.94. The number of hydrogen-bond donors (Lipinski definition) is 0. The van der Waals surface area contributed by atoms with E-state index in [9.17, 15) is 0 Å². The fourth-order valence-corrected chi connectivity index (χ4v) is 2.55. The lowest BCUT2D eigenvalue weighted by Crippen LogP contribution is -1.85. The summed E-state index contributed by atoms with van der Waals surface area (Å²) in [6.07, 6.45) is 0.833. The molecule has 0 bridgehead atoms. The van der Waals surface area contributed by atoms with Crippen molar-refractivity contribution in [2.75, 3.05) is 5.33 Å². The number of halogens is 3. The highest BCUT2D eigenvalue weighted by Crippen LogP contribution is 2.30. The van der Waals surface area contributed by atoms with Gasteiger partial charge in [0.05, 0.1) is 10.2 Å².